The maximum absolute atomic E-state index is 12.2. The molecule has 184 valence electrons. The predicted molar refractivity (Wildman–Crippen MR) is 95.8 cm³/mol. The Bertz CT molecular complexity index is 931. The molecule has 3 rings (SSSR count). The second kappa shape index (κ2) is 13.5. The van der Waals surface area contributed by atoms with E-state index in [0.29, 0.717) is 6.42 Å². The second-order valence-electron chi connectivity index (χ2n) is 7.21. The monoisotopic (exact) mass is 549 g/mol. The summed E-state index contributed by atoms with van der Waals surface area (Å²) in [5.41, 5.74) is 0. The van der Waals surface area contributed by atoms with Crippen molar-refractivity contribution in [2.75, 3.05) is 19.8 Å². The first-order valence-electron chi connectivity index (χ1n) is 9.33. The van der Waals surface area contributed by atoms with Crippen LogP contribution in [0.1, 0.15) is 6.42 Å². The number of fused-ring (bicyclic) bond motifs is 2. The van der Waals surface area contributed by atoms with Crippen molar-refractivity contribution in [3.8, 4) is 0 Å². The van der Waals surface area contributed by atoms with Gasteiger partial charge in [0.15, 0.2) is 6.29 Å². The molecule has 0 radical (unpaired) electrons. The van der Waals surface area contributed by atoms with Crippen molar-refractivity contribution >= 4 is 26.7 Å². The summed E-state index contributed by atoms with van der Waals surface area (Å²) in [5, 5.41) is 22.9. The van der Waals surface area contributed by atoms with Crippen LogP contribution in [0.25, 0.3) is 0 Å². The molecule has 0 aromatic rings. The fraction of sp³-hybridized carbons (Fsp3) is 0.800. The van der Waals surface area contributed by atoms with E-state index in [9.17, 15) is 40.9 Å². The van der Waals surface area contributed by atoms with E-state index in [2.05, 4.69) is 13.7 Å². The van der Waals surface area contributed by atoms with Crippen LogP contribution in [0.3, 0.4) is 0 Å². The summed E-state index contributed by atoms with van der Waals surface area (Å²) in [7, 11) is -10.6. The molecule has 3 aliphatic heterocycles. The molecule has 3 aliphatic rings. The topological polar surface area (TPSA) is 230 Å². The fourth-order valence-corrected chi connectivity index (χ4v) is 4.39. The first-order chi connectivity index (χ1) is 14.8. The van der Waals surface area contributed by atoms with Crippen molar-refractivity contribution in [1.82, 2.24) is 5.32 Å². The van der Waals surface area contributed by atoms with E-state index in [-0.39, 0.29) is 96.3 Å². The number of amides is 1. The van der Waals surface area contributed by atoms with Crippen LogP contribution in [-0.2, 0) is 48.2 Å². The van der Waals surface area contributed by atoms with Gasteiger partial charge >= 0.3 is 59.1 Å². The molecular weight excluding hydrogens is 528 g/mol. The van der Waals surface area contributed by atoms with E-state index in [4.69, 9.17) is 14.2 Å². The summed E-state index contributed by atoms with van der Waals surface area (Å²) < 4.78 is 88.6. The minimum atomic E-state index is -5.41. The first kappa shape index (κ1) is 32.8. The van der Waals surface area contributed by atoms with Crippen molar-refractivity contribution in [2.45, 2.75) is 49.3 Å². The minimum Gasteiger partial charge on any atom is -0.726 e. The number of carbonyl (C=O) groups is 1. The average molecular weight is 549 g/mol. The Balaban J connectivity index is 0.00000289. The van der Waals surface area contributed by atoms with Crippen LogP contribution in [0.4, 0.5) is 0 Å². The summed E-state index contributed by atoms with van der Waals surface area (Å²) in [4.78, 5) is 12.2. The van der Waals surface area contributed by atoms with E-state index in [1.165, 1.54) is 0 Å². The standard InChI is InChI=1S/C15H23NO14S2.2Na/c17-11-10(6-27-31(20,21)22)29-15(12(18)13(11)30-32(23,24)25)26-4-3-16-14(19)8-5-7-1-2-9(8)28-7;;/h1-2,7-13,15,17-18H,3-6H2,(H,16,19)(H,20,21,22)(H,23,24,25);;/q;2*+1/p-2. The van der Waals surface area contributed by atoms with Gasteiger partial charge in [-0.15, -0.1) is 0 Å². The van der Waals surface area contributed by atoms with Crippen LogP contribution >= 0.6 is 0 Å². The van der Waals surface area contributed by atoms with E-state index in [1.54, 1.807) is 6.08 Å². The molecule has 1 amide bonds. The minimum absolute atomic E-state index is 0. The zero-order chi connectivity index (χ0) is 23.7. The van der Waals surface area contributed by atoms with Gasteiger partial charge in [0.2, 0.25) is 26.7 Å². The molecule has 34 heavy (non-hydrogen) atoms. The van der Waals surface area contributed by atoms with Gasteiger partial charge in [-0.05, 0) is 6.42 Å². The van der Waals surface area contributed by atoms with Crippen LogP contribution < -0.4 is 64.4 Å². The maximum Gasteiger partial charge on any atom is 1.00 e. The smallest absolute Gasteiger partial charge is 0.726 e. The number of carbonyl (C=O) groups excluding carboxylic acids is 1. The van der Waals surface area contributed by atoms with Gasteiger partial charge in [0.25, 0.3) is 0 Å². The predicted octanol–water partition coefficient (Wildman–Crippen LogP) is -9.76. The molecule has 3 N–H and O–H groups in total. The van der Waals surface area contributed by atoms with Gasteiger partial charge in [0.1, 0.15) is 24.4 Å². The fourth-order valence-electron chi connectivity index (χ4n) is 3.59. The summed E-state index contributed by atoms with van der Waals surface area (Å²) in [6.45, 7) is -1.41. The van der Waals surface area contributed by atoms with Gasteiger partial charge in [0.05, 0.1) is 31.3 Å². The number of ether oxygens (including phenoxy) is 3. The maximum atomic E-state index is 12.2. The molecule has 19 heteroatoms. The van der Waals surface area contributed by atoms with Gasteiger partial charge in [-0.25, -0.2) is 16.8 Å². The third-order valence-corrected chi connectivity index (χ3v) is 5.88. The summed E-state index contributed by atoms with van der Waals surface area (Å²) in [5.74, 6) is -0.663. The first-order valence-corrected chi connectivity index (χ1v) is 12.0. The molecule has 0 spiro atoms. The van der Waals surface area contributed by atoms with Crippen LogP contribution in [0.15, 0.2) is 12.2 Å². The second-order valence-corrected chi connectivity index (χ2v) is 9.28. The molecular formula is C15H21NNa2O14S2. The van der Waals surface area contributed by atoms with Crippen LogP contribution in [-0.4, -0.2) is 105 Å². The molecule has 3 heterocycles. The Labute approximate surface area is 240 Å². The molecule has 8 atom stereocenters. The molecule has 0 aromatic carbocycles. The van der Waals surface area contributed by atoms with Gasteiger partial charge in [-0.2, -0.15) is 0 Å². The normalized spacial score (nSPS) is 34.8. The molecule has 2 saturated heterocycles. The Morgan fingerprint density at radius 2 is 1.74 bits per heavy atom. The number of hydrogen-bond donors (Lipinski definition) is 3. The molecule has 15 nitrogen and oxygen atoms in total. The Morgan fingerprint density at radius 1 is 1.06 bits per heavy atom. The van der Waals surface area contributed by atoms with Crippen LogP contribution in [0.5, 0.6) is 0 Å². The molecule has 2 bridgehead atoms. The zero-order valence-corrected chi connectivity index (χ0v) is 23.8. The molecule has 2 fully saturated rings. The van der Waals surface area contributed by atoms with Crippen molar-refractivity contribution < 1.29 is 123 Å². The van der Waals surface area contributed by atoms with E-state index in [1.807, 2.05) is 6.08 Å². The third-order valence-electron chi connectivity index (χ3n) is 5.00. The largest absolute Gasteiger partial charge is 1.00 e. The molecule has 0 saturated carbocycles. The Kier molecular flexibility index (Phi) is 13.0. The van der Waals surface area contributed by atoms with Crippen LogP contribution in [0.2, 0.25) is 0 Å². The number of rotatable bonds is 10. The summed E-state index contributed by atoms with van der Waals surface area (Å²) >= 11 is 0. The van der Waals surface area contributed by atoms with Gasteiger partial charge in [-0.3, -0.25) is 13.2 Å². The zero-order valence-electron chi connectivity index (χ0n) is 18.2. The van der Waals surface area contributed by atoms with Gasteiger partial charge in [-0.1, -0.05) is 12.2 Å². The molecule has 8 unspecified atom stereocenters. The summed E-state index contributed by atoms with van der Waals surface area (Å²) in [6, 6.07) is 0. The van der Waals surface area contributed by atoms with Crippen molar-refractivity contribution in [3.05, 3.63) is 12.2 Å². The van der Waals surface area contributed by atoms with Gasteiger partial charge in [0, 0.05) is 6.54 Å². The quantitative estimate of drug-likeness (QED) is 0.0755. The third kappa shape index (κ3) is 9.25. The van der Waals surface area contributed by atoms with Crippen molar-refractivity contribution in [2.24, 2.45) is 5.92 Å². The number of aliphatic hydroxyl groups is 2. The van der Waals surface area contributed by atoms with E-state index < -0.39 is 58.1 Å². The van der Waals surface area contributed by atoms with Crippen LogP contribution in [0, 0.1) is 5.92 Å². The Hall–Kier alpha value is 0.750. The van der Waals surface area contributed by atoms with Crippen molar-refractivity contribution in [3.63, 3.8) is 0 Å². The van der Waals surface area contributed by atoms with E-state index in [0.717, 1.165) is 0 Å². The van der Waals surface area contributed by atoms with Crippen molar-refractivity contribution in [1.29, 1.82) is 0 Å². The number of hydrogen-bond acceptors (Lipinski definition) is 14. The Morgan fingerprint density at radius 3 is 2.26 bits per heavy atom. The summed E-state index contributed by atoms with van der Waals surface area (Å²) in [6.07, 6.45) is -5.84. The average Bonchev–Trinajstić information content (AvgIpc) is 3.31. The van der Waals surface area contributed by atoms with E-state index >= 15 is 0 Å². The SMILES string of the molecule is O=C(NCCOC1OC(COS(=O)(=O)[O-])C(O)C(OS(=O)(=O)[O-])C1O)C1CC2C=CC1O2.[Na+].[Na+]. The van der Waals surface area contributed by atoms with Gasteiger partial charge < -0.3 is 38.8 Å². The number of aliphatic hydroxyl groups excluding tert-OH is 2. The number of nitrogens with one attached hydrogen (secondary N) is 1. The molecule has 0 aromatic heterocycles. The molecule has 0 aliphatic carbocycles.